The second kappa shape index (κ2) is 12.4. The SMILES string of the molecule is CCCCC(CC)COCCCCCC(C)C. The minimum Gasteiger partial charge on any atom is -0.381 e. The highest BCUT2D eigenvalue weighted by Crippen LogP contribution is 2.13. The molecule has 1 nitrogen and oxygen atoms in total. The highest BCUT2D eigenvalue weighted by atomic mass is 16.5. The molecule has 0 N–H and O–H groups in total. The predicted molar refractivity (Wildman–Crippen MR) is 77.4 cm³/mol. The lowest BCUT2D eigenvalue weighted by atomic mass is 10.0. The number of ether oxygens (including phenoxy) is 1. The Bertz CT molecular complexity index is 142. The van der Waals surface area contributed by atoms with Crippen LogP contribution < -0.4 is 0 Å². The first-order valence-corrected chi connectivity index (χ1v) is 7.78. The highest BCUT2D eigenvalue weighted by molar-refractivity contribution is 4.56. The van der Waals surface area contributed by atoms with E-state index in [2.05, 4.69) is 27.7 Å². The second-order valence-corrected chi connectivity index (χ2v) is 5.73. The van der Waals surface area contributed by atoms with Gasteiger partial charge in [0.25, 0.3) is 0 Å². The minimum atomic E-state index is 0.797. The normalized spacial score (nSPS) is 13.2. The van der Waals surface area contributed by atoms with E-state index >= 15 is 0 Å². The molecule has 0 spiro atoms. The van der Waals surface area contributed by atoms with E-state index in [1.54, 1.807) is 0 Å². The molecule has 0 saturated carbocycles. The van der Waals surface area contributed by atoms with Crippen LogP contribution >= 0.6 is 0 Å². The van der Waals surface area contributed by atoms with Crippen molar-refractivity contribution in [1.29, 1.82) is 0 Å². The molecular formula is C16H34O. The minimum absolute atomic E-state index is 0.797. The summed E-state index contributed by atoms with van der Waals surface area (Å²) in [7, 11) is 0. The number of unbranched alkanes of at least 4 members (excludes halogenated alkanes) is 3. The van der Waals surface area contributed by atoms with Crippen LogP contribution in [0.5, 0.6) is 0 Å². The second-order valence-electron chi connectivity index (χ2n) is 5.73. The zero-order valence-corrected chi connectivity index (χ0v) is 12.6. The third-order valence-electron chi connectivity index (χ3n) is 3.47. The Morgan fingerprint density at radius 3 is 2.24 bits per heavy atom. The first kappa shape index (κ1) is 17.0. The molecule has 1 unspecified atom stereocenters. The summed E-state index contributed by atoms with van der Waals surface area (Å²) in [6.07, 6.45) is 10.6. The van der Waals surface area contributed by atoms with Crippen molar-refractivity contribution in [3.05, 3.63) is 0 Å². The zero-order valence-electron chi connectivity index (χ0n) is 12.6. The van der Waals surface area contributed by atoms with Crippen molar-refractivity contribution in [3.8, 4) is 0 Å². The first-order chi connectivity index (χ1) is 8.20. The van der Waals surface area contributed by atoms with E-state index in [1.807, 2.05) is 0 Å². The molecule has 0 aliphatic carbocycles. The molecule has 0 rings (SSSR count). The van der Waals surface area contributed by atoms with E-state index < -0.39 is 0 Å². The lowest BCUT2D eigenvalue weighted by Crippen LogP contribution is -2.09. The molecule has 0 fully saturated rings. The van der Waals surface area contributed by atoms with Crippen molar-refractivity contribution in [2.75, 3.05) is 13.2 Å². The molecule has 0 radical (unpaired) electrons. The molecule has 104 valence electrons. The van der Waals surface area contributed by atoms with Gasteiger partial charge >= 0.3 is 0 Å². The van der Waals surface area contributed by atoms with Gasteiger partial charge in [0.2, 0.25) is 0 Å². The van der Waals surface area contributed by atoms with Crippen LogP contribution in [0, 0.1) is 11.8 Å². The van der Waals surface area contributed by atoms with E-state index in [-0.39, 0.29) is 0 Å². The molecule has 0 aliphatic rings. The fourth-order valence-corrected chi connectivity index (χ4v) is 2.08. The Morgan fingerprint density at radius 1 is 0.882 bits per heavy atom. The summed E-state index contributed by atoms with van der Waals surface area (Å²) in [5.41, 5.74) is 0. The van der Waals surface area contributed by atoms with Crippen LogP contribution in [-0.4, -0.2) is 13.2 Å². The van der Waals surface area contributed by atoms with Crippen LogP contribution in [0.25, 0.3) is 0 Å². The van der Waals surface area contributed by atoms with E-state index in [0.29, 0.717) is 0 Å². The fourth-order valence-electron chi connectivity index (χ4n) is 2.08. The fraction of sp³-hybridized carbons (Fsp3) is 1.00. The van der Waals surface area contributed by atoms with E-state index in [4.69, 9.17) is 4.74 Å². The Morgan fingerprint density at radius 2 is 1.65 bits per heavy atom. The number of rotatable bonds is 12. The molecule has 0 aromatic rings. The Balaban J connectivity index is 3.24. The summed E-state index contributed by atoms with van der Waals surface area (Å²) in [5.74, 6) is 1.65. The largest absolute Gasteiger partial charge is 0.381 e. The molecule has 0 amide bonds. The van der Waals surface area contributed by atoms with Gasteiger partial charge in [-0.15, -0.1) is 0 Å². The quantitative estimate of drug-likeness (QED) is 0.414. The average Bonchev–Trinajstić information content (AvgIpc) is 2.31. The maximum absolute atomic E-state index is 5.79. The van der Waals surface area contributed by atoms with Gasteiger partial charge in [0, 0.05) is 13.2 Å². The average molecular weight is 242 g/mol. The van der Waals surface area contributed by atoms with Crippen molar-refractivity contribution in [2.45, 2.75) is 79.1 Å². The van der Waals surface area contributed by atoms with Gasteiger partial charge in [-0.05, 0) is 24.7 Å². The van der Waals surface area contributed by atoms with Gasteiger partial charge in [-0.25, -0.2) is 0 Å². The van der Waals surface area contributed by atoms with Crippen LogP contribution in [0.4, 0.5) is 0 Å². The lowest BCUT2D eigenvalue weighted by molar-refractivity contribution is 0.0907. The molecule has 0 aliphatic heterocycles. The van der Waals surface area contributed by atoms with Gasteiger partial charge in [-0.1, -0.05) is 66.2 Å². The zero-order chi connectivity index (χ0) is 12.9. The van der Waals surface area contributed by atoms with Gasteiger partial charge in [0.15, 0.2) is 0 Å². The molecule has 17 heavy (non-hydrogen) atoms. The Kier molecular flexibility index (Phi) is 12.4. The Hall–Kier alpha value is -0.0400. The van der Waals surface area contributed by atoms with E-state index in [9.17, 15) is 0 Å². The van der Waals surface area contributed by atoms with Gasteiger partial charge in [0.05, 0.1) is 0 Å². The summed E-state index contributed by atoms with van der Waals surface area (Å²) in [6, 6.07) is 0. The highest BCUT2D eigenvalue weighted by Gasteiger charge is 2.05. The molecule has 0 saturated heterocycles. The summed E-state index contributed by atoms with van der Waals surface area (Å²) in [5, 5.41) is 0. The van der Waals surface area contributed by atoms with Crippen LogP contribution in [0.1, 0.15) is 79.1 Å². The number of hydrogen-bond donors (Lipinski definition) is 0. The molecule has 0 aromatic carbocycles. The standard InChI is InChI=1S/C16H34O/c1-5-7-12-16(6-2)14-17-13-10-8-9-11-15(3)4/h15-16H,5-14H2,1-4H3. The Labute approximate surface area is 109 Å². The van der Waals surface area contributed by atoms with Crippen molar-refractivity contribution in [2.24, 2.45) is 11.8 Å². The first-order valence-electron chi connectivity index (χ1n) is 7.78. The van der Waals surface area contributed by atoms with Crippen molar-refractivity contribution < 1.29 is 4.74 Å². The van der Waals surface area contributed by atoms with E-state index in [0.717, 1.165) is 25.0 Å². The lowest BCUT2D eigenvalue weighted by Gasteiger charge is -2.14. The van der Waals surface area contributed by atoms with Gasteiger partial charge in [-0.3, -0.25) is 0 Å². The summed E-state index contributed by atoms with van der Waals surface area (Å²) >= 11 is 0. The molecule has 0 bridgehead atoms. The van der Waals surface area contributed by atoms with Crippen molar-refractivity contribution >= 4 is 0 Å². The molecular weight excluding hydrogens is 208 g/mol. The third kappa shape index (κ3) is 12.2. The summed E-state index contributed by atoms with van der Waals surface area (Å²) in [6.45, 7) is 11.1. The third-order valence-corrected chi connectivity index (χ3v) is 3.47. The van der Waals surface area contributed by atoms with E-state index in [1.165, 1.54) is 51.4 Å². The maximum Gasteiger partial charge on any atom is 0.0494 e. The van der Waals surface area contributed by atoms with Gasteiger partial charge in [-0.2, -0.15) is 0 Å². The van der Waals surface area contributed by atoms with Crippen molar-refractivity contribution in [3.63, 3.8) is 0 Å². The van der Waals surface area contributed by atoms with Gasteiger partial charge in [0.1, 0.15) is 0 Å². The molecule has 1 heteroatoms. The van der Waals surface area contributed by atoms with Crippen molar-refractivity contribution in [1.82, 2.24) is 0 Å². The van der Waals surface area contributed by atoms with Crippen LogP contribution in [0.3, 0.4) is 0 Å². The number of hydrogen-bond acceptors (Lipinski definition) is 1. The topological polar surface area (TPSA) is 9.23 Å². The smallest absolute Gasteiger partial charge is 0.0494 e. The molecule has 1 atom stereocenters. The maximum atomic E-state index is 5.79. The molecule has 0 heterocycles. The molecule has 0 aromatic heterocycles. The monoisotopic (exact) mass is 242 g/mol. The summed E-state index contributed by atoms with van der Waals surface area (Å²) in [4.78, 5) is 0. The van der Waals surface area contributed by atoms with Crippen LogP contribution in [0.2, 0.25) is 0 Å². The van der Waals surface area contributed by atoms with Crippen LogP contribution in [-0.2, 0) is 4.74 Å². The van der Waals surface area contributed by atoms with Crippen LogP contribution in [0.15, 0.2) is 0 Å². The summed E-state index contributed by atoms with van der Waals surface area (Å²) < 4.78 is 5.79. The van der Waals surface area contributed by atoms with Gasteiger partial charge < -0.3 is 4.74 Å². The predicted octanol–water partition coefficient (Wildman–Crippen LogP) is 5.44.